The lowest BCUT2D eigenvalue weighted by atomic mass is 9.78. The third kappa shape index (κ3) is 28.5. The second-order valence-electron chi connectivity index (χ2n) is 31.0. The van der Waals surface area contributed by atoms with Crippen LogP contribution in [0.2, 0.25) is 0 Å². The number of aliphatic carboxylic acids is 2. The Bertz CT molecular complexity index is 5220. The van der Waals surface area contributed by atoms with Crippen molar-refractivity contribution in [3.63, 3.8) is 0 Å². The first kappa shape index (κ1) is 99.4. The van der Waals surface area contributed by atoms with Crippen LogP contribution in [0.5, 0.6) is 23.0 Å². The number of hydrogen-bond acceptors (Lipinski definition) is 28. The maximum absolute atomic E-state index is 14.7. The number of nitrogens with one attached hydrogen (secondary N) is 9. The van der Waals surface area contributed by atoms with Crippen LogP contribution in [0.15, 0.2) is 108 Å². The number of phenols is 3. The van der Waals surface area contributed by atoms with Crippen molar-refractivity contribution in [2.24, 2.45) is 16.6 Å². The van der Waals surface area contributed by atoms with Gasteiger partial charge in [-0.05, 0) is 90.8 Å². The molecule has 0 bridgehead atoms. The molecule has 9 rings (SSSR count). The molecule has 41 heteroatoms. The van der Waals surface area contributed by atoms with Crippen LogP contribution in [0, 0.1) is 12.8 Å². The smallest absolute Gasteiger partial charge is 0.415 e. The van der Waals surface area contributed by atoms with Gasteiger partial charge in [-0.25, -0.2) is 14.6 Å². The second kappa shape index (κ2) is 47.4. The zero-order valence-corrected chi connectivity index (χ0v) is 74.1. The monoisotopic (exact) mass is 1830 g/mol. The van der Waals surface area contributed by atoms with Crippen LogP contribution in [-0.2, 0) is 91.6 Å². The molecule has 1 saturated heterocycles. The Labute approximate surface area is 748 Å². The Balaban J connectivity index is 0.802. The van der Waals surface area contributed by atoms with Crippen LogP contribution in [0.25, 0.3) is 34.3 Å². The third-order valence-electron chi connectivity index (χ3n) is 21.2. The number of carboxylic acid groups (broad SMARTS) is 2. The number of thiazole rings is 1. The summed E-state index contributed by atoms with van der Waals surface area (Å²) in [4.78, 5) is 180. The predicted octanol–water partition coefficient (Wildman–Crippen LogP) is 1.48. The molecule has 37 nitrogen and oxygen atoms in total. The number of aliphatic hydroxyl groups excluding tert-OH is 2. The molecule has 2 aliphatic heterocycles. The van der Waals surface area contributed by atoms with Crippen LogP contribution < -0.4 is 63.4 Å². The van der Waals surface area contributed by atoms with Gasteiger partial charge in [0, 0.05) is 115 Å². The van der Waals surface area contributed by atoms with Crippen molar-refractivity contribution in [3.8, 4) is 23.0 Å². The van der Waals surface area contributed by atoms with Crippen molar-refractivity contribution >= 4 is 157 Å². The minimum Gasteiger partial charge on any atom is -0.508 e. The summed E-state index contributed by atoms with van der Waals surface area (Å²) in [5.41, 5.74) is 8.16. The van der Waals surface area contributed by atoms with E-state index < -0.39 is 150 Å². The minimum absolute atomic E-state index is 0.00151. The Morgan fingerprint density at radius 3 is 1.94 bits per heavy atom. The molecule has 11 unspecified atom stereocenters. The molecular weight excluding hydrogens is 1730 g/mol. The number of aromatic hydroxyl groups is 3. The molecule has 18 N–H and O–H groups in total. The molecule has 0 radical (unpaired) electrons. The number of phenolic OH excluding ortho intramolecular Hbond substituents is 3. The molecule has 1 fully saturated rings. The molecule has 11 atom stereocenters. The summed E-state index contributed by atoms with van der Waals surface area (Å²) in [6, 6.07) is 15.2. The number of para-hydroxylation sites is 1. The van der Waals surface area contributed by atoms with Crippen molar-refractivity contribution in [1.82, 2.24) is 62.3 Å². The van der Waals surface area contributed by atoms with Crippen molar-refractivity contribution in [3.05, 3.63) is 147 Å². The zero-order chi connectivity index (χ0) is 92.3. The fourth-order valence-electron chi connectivity index (χ4n) is 13.9. The Hall–Kier alpha value is -11.4. The summed E-state index contributed by atoms with van der Waals surface area (Å²) in [5.74, 6) is -10.6. The van der Waals surface area contributed by atoms with E-state index in [1.807, 2.05) is 0 Å². The highest BCUT2D eigenvalue weighted by Crippen LogP contribution is 2.35. The first-order valence-corrected chi connectivity index (χ1v) is 45.2. The minimum atomic E-state index is -1.69. The number of ether oxygens (including phenoxy) is 4. The number of aromatic amines is 1. The van der Waals surface area contributed by atoms with Gasteiger partial charge in [0.05, 0.1) is 68.2 Å². The van der Waals surface area contributed by atoms with Gasteiger partial charge in [-0.3, -0.25) is 58.3 Å². The molecule has 0 spiro atoms. The molecule has 0 aliphatic carbocycles. The van der Waals surface area contributed by atoms with Crippen molar-refractivity contribution < 1.29 is 112 Å². The average Bonchev–Trinajstić information content (AvgIpc) is 1.05. The van der Waals surface area contributed by atoms with E-state index in [-0.39, 0.29) is 154 Å². The largest absolute Gasteiger partial charge is 0.508 e. The fourth-order valence-corrected chi connectivity index (χ4v) is 16.9. The van der Waals surface area contributed by atoms with Gasteiger partial charge in [-0.2, -0.15) is 23.5 Å². The summed E-state index contributed by atoms with van der Waals surface area (Å²) >= 11 is 5.16. The van der Waals surface area contributed by atoms with E-state index in [0.29, 0.717) is 59.2 Å². The number of hydrogen-bond donors (Lipinski definition) is 17. The van der Waals surface area contributed by atoms with E-state index in [4.69, 9.17) is 24.7 Å². The van der Waals surface area contributed by atoms with Crippen molar-refractivity contribution in [2.75, 3.05) is 96.0 Å². The number of nitrogens with two attached hydrogens (primary N) is 1. The number of H-pyrrole nitrogens is 1. The van der Waals surface area contributed by atoms with E-state index in [1.165, 1.54) is 80.7 Å². The Morgan fingerprint density at radius 2 is 1.31 bits per heavy atom. The molecule has 127 heavy (non-hydrogen) atoms. The van der Waals surface area contributed by atoms with Crippen LogP contribution in [0.3, 0.4) is 0 Å². The maximum atomic E-state index is 14.7. The molecule has 10 amide bonds. The lowest BCUT2D eigenvalue weighted by molar-refractivity contribution is -0.239. The zero-order valence-electron chi connectivity index (χ0n) is 70.9. The quantitative estimate of drug-likeness (QED) is 0.0146. The standard InChI is InChI=1S/C86H108N14O23S4/c1-46-47(2)73(108)70(48(3)72(46)107)86(4,5)41-68(104)99(6)27-28-100(85(119)123-53-22-23-57-65(39-53)127-82(96-57)81-97-64(45-126-81)83(116)117)29-31-121-33-32-120-30-24-66(102)90-63(40-69(105)106)79(114)95-61(37-50-18-20-52(101)21-19-50)77(112)92-58(25-34-124-7)75(110)89-43-67(103)91-62(38-51-42-88-56-17-13-12-16-54(51)56)78(113)93-59(26-35-125-8)76(111)98-71(55-44-122-84(55)118)80(115)94-60(74(87)109)36-49-14-10-9-11-15-49/h9-23,39,42,55,58-64,66,71,84,88,90,101-102,107-108,118H,2-3,24-38,40-41,43-45H2,1,4-8H3,(H2,87,109)(H,89,110)(H,91,103)(H,92,112)(H,93,113)(H,94,115)(H,95,114)(H,98,111)(H,105,106)(H,116,117). The normalized spacial score (nSPS) is 16.2. The van der Waals surface area contributed by atoms with Crippen molar-refractivity contribution in [1.29, 1.82) is 0 Å². The van der Waals surface area contributed by atoms with E-state index in [2.05, 4.69) is 70.7 Å². The number of primary amides is 1. The third-order valence-corrected chi connectivity index (χ3v) is 24.7. The lowest BCUT2D eigenvalue weighted by Gasteiger charge is -2.38. The number of likely N-dealkylation sites (N-methyl/N-ethyl adjacent to an activating group) is 1. The molecule has 2 aliphatic rings. The van der Waals surface area contributed by atoms with Gasteiger partial charge >= 0.3 is 18.0 Å². The van der Waals surface area contributed by atoms with Crippen LogP contribution in [-0.4, -0.2) is 289 Å². The highest BCUT2D eigenvalue weighted by Gasteiger charge is 2.44. The van der Waals surface area contributed by atoms with E-state index >= 15 is 0 Å². The summed E-state index contributed by atoms with van der Waals surface area (Å²) in [6.07, 6.45) is -0.481. The Morgan fingerprint density at radius 1 is 0.693 bits per heavy atom. The van der Waals surface area contributed by atoms with Gasteiger partial charge in [-0.1, -0.05) is 87.7 Å². The summed E-state index contributed by atoms with van der Waals surface area (Å²) in [5, 5.41) is 96.5. The number of aliphatic imine (C=N–C) groups is 1. The first-order chi connectivity index (χ1) is 60.5. The molecule has 7 aromatic rings. The number of aromatic nitrogens is 2. The number of carbonyl (C=O) groups excluding carboxylic acids is 10. The highest BCUT2D eigenvalue weighted by molar-refractivity contribution is 8.15. The molecule has 684 valence electrons. The molecule has 0 saturated carbocycles. The number of aliphatic hydroxyl groups is 2. The van der Waals surface area contributed by atoms with Crippen molar-refractivity contribution in [2.45, 2.75) is 138 Å². The summed E-state index contributed by atoms with van der Waals surface area (Å²) in [6.45, 7) is 11.5. The second-order valence-corrected chi connectivity index (χ2v) is 35.0. The van der Waals surface area contributed by atoms with E-state index in [0.717, 1.165) is 0 Å². The molecule has 4 heterocycles. The van der Waals surface area contributed by atoms with Gasteiger partial charge < -0.3 is 112 Å². The highest BCUT2D eigenvalue weighted by atomic mass is 32.2. The van der Waals surface area contributed by atoms with Gasteiger partial charge in [-0.15, -0.1) is 23.1 Å². The Kier molecular flexibility index (Phi) is 37.1. The predicted molar refractivity (Wildman–Crippen MR) is 478 cm³/mol. The number of fused-ring (bicyclic) bond motifs is 2. The maximum Gasteiger partial charge on any atom is 0.415 e. The number of rotatable bonds is 50. The van der Waals surface area contributed by atoms with Gasteiger partial charge in [0.1, 0.15) is 75.5 Å². The van der Waals surface area contributed by atoms with Crippen LogP contribution in [0.1, 0.15) is 78.8 Å². The van der Waals surface area contributed by atoms with Crippen LogP contribution in [0.4, 0.5) is 4.79 Å². The van der Waals surface area contributed by atoms with E-state index in [1.54, 1.807) is 119 Å². The average molecular weight is 1830 g/mol. The van der Waals surface area contributed by atoms with E-state index in [9.17, 15) is 93.3 Å². The molecular formula is C86H108N14O23S4. The van der Waals surface area contributed by atoms with Gasteiger partial charge in [0.25, 0.3) is 0 Å². The van der Waals surface area contributed by atoms with Crippen LogP contribution >= 0.6 is 46.6 Å². The first-order valence-electron chi connectivity index (χ1n) is 40.6. The molecule has 2 aromatic heterocycles. The topological polar surface area (TPSA) is 553 Å². The lowest BCUT2D eigenvalue weighted by Crippen LogP contribution is -2.64. The molecule has 5 aromatic carbocycles. The number of carboxylic acids is 2. The summed E-state index contributed by atoms with van der Waals surface area (Å²) < 4.78 is 23.2. The number of carbonyl (C=O) groups is 12. The number of nitrogens with zero attached hydrogens (tertiary/aromatic N) is 4. The SMILES string of the molecule is C=c1c(C)c(O)c(=C)c(C(C)(C)CC(=O)N(C)CCN(CCOCCOCCC(O)NC(CC(=O)O)C(=O)NC(Cc2ccc(O)cc2)C(=O)NC(CCSC)C(=O)NCC(=O)NC(Cc2c[nH]c3ccccc23)C(=O)NC(CCSC)C(=O)NC(C(=O)NC(Cc2ccccc2)C(N)=O)C2COC2O)C(=O)Oc2ccc3nc(C4=NC(C(=O)O)CS4)sc3c2)c1O. The number of benzene rings is 5. The number of thioether (sulfide) groups is 3. The van der Waals surface area contributed by atoms with Gasteiger partial charge in [0.2, 0.25) is 53.2 Å². The fraction of sp³-hybridized carbons (Fsp3) is 0.442. The summed E-state index contributed by atoms with van der Waals surface area (Å²) in [7, 11) is 1.54. The van der Waals surface area contributed by atoms with Gasteiger partial charge in [0.15, 0.2) is 12.3 Å². The number of amides is 10.